The highest BCUT2D eigenvalue weighted by atomic mass is 35.5. The first kappa shape index (κ1) is 128. The molecule has 150 heavy (non-hydrogen) atoms. The maximum absolute atomic E-state index is 14.2. The molecule has 6 aromatic heterocycles. The largest absolute Gasteiger partial charge is 0.465 e. The summed E-state index contributed by atoms with van der Waals surface area (Å²) in [5.41, 5.74) is 41.9. The number of fused-ring (bicyclic) bond motifs is 3. The third kappa shape index (κ3) is 46.4. The predicted octanol–water partition coefficient (Wildman–Crippen LogP) is 17.9. The SMILES string of the molecule is C=CCNc1nc(N)nc2c1ncn2CCOCP(=O)(N[C@@H](CC)C(=O)OCCCC)Oc1ccccc1.C=CCNc1nc(N)nc2c1ncn2CCOCP(=O)(N[C@@H](Cc1ccccc1)C(=O)OCC)Oc1ccccc1.C=CCNc1nc(N)nc2c1ncn2CCOCP(=O)(N[C@@H](Cc1ccccc1)C(=O)OCCCC)Oc1ccccc1.CC[C@@H](C)N.C[C@@H](N)Cc1ccccc1.C[C@@H](N)Cc1ccccc1.Cl.Cl.Cl. The zero-order valence-electron chi connectivity index (χ0n) is 86.5. The van der Waals surface area contributed by atoms with Gasteiger partial charge >= 0.3 is 40.5 Å². The molecule has 0 aliphatic rings. The van der Waals surface area contributed by atoms with Crippen LogP contribution in [0.4, 0.5) is 35.3 Å². The van der Waals surface area contributed by atoms with E-state index < -0.39 is 58.6 Å². The normalized spacial score (nSPS) is 13.1. The fraction of sp³-hybridized carbons (Fsp3) is 0.371. The van der Waals surface area contributed by atoms with Gasteiger partial charge in [-0.15, -0.1) is 57.0 Å². The van der Waals surface area contributed by atoms with Crippen molar-refractivity contribution in [2.24, 2.45) is 17.2 Å². The van der Waals surface area contributed by atoms with Crippen LogP contribution in [0.2, 0.25) is 0 Å². The molecule has 0 bridgehead atoms. The first-order valence-corrected chi connectivity index (χ1v) is 54.5. The summed E-state index contributed by atoms with van der Waals surface area (Å²) >= 11 is 0. The van der Waals surface area contributed by atoms with Crippen molar-refractivity contribution in [3.8, 4) is 17.2 Å². The number of hydrogen-bond acceptors (Lipinski definition) is 33. The topological polar surface area (TPSA) is 545 Å². The van der Waals surface area contributed by atoms with E-state index in [1.165, 1.54) is 11.1 Å². The fourth-order valence-corrected chi connectivity index (χ4v) is 18.8. The van der Waals surface area contributed by atoms with E-state index >= 15 is 0 Å². The third-order valence-corrected chi connectivity index (χ3v) is 26.2. The summed E-state index contributed by atoms with van der Waals surface area (Å²) in [6, 6.07) is 64.0. The van der Waals surface area contributed by atoms with Gasteiger partial charge in [0.2, 0.25) is 17.8 Å². The summed E-state index contributed by atoms with van der Waals surface area (Å²) in [4.78, 5) is 77.3. The van der Waals surface area contributed by atoms with Crippen LogP contribution < -0.4 is 79.2 Å². The summed E-state index contributed by atoms with van der Waals surface area (Å²) in [7, 11) is -11.2. The van der Waals surface area contributed by atoms with Crippen LogP contribution in [0.15, 0.2) is 269 Å². The molecule has 18 N–H and O–H groups in total. The second-order valence-electron chi connectivity index (χ2n) is 33.8. The number of anilines is 6. The number of carbonyl (C=O) groups excluding carboxylic acids is 3. The summed E-state index contributed by atoms with van der Waals surface area (Å²) in [6.45, 7) is 30.5. The zero-order chi connectivity index (χ0) is 106. The molecule has 9 atom stereocenters. The second kappa shape index (κ2) is 70.3. The molecule has 6 heterocycles. The van der Waals surface area contributed by atoms with Crippen molar-refractivity contribution >= 4 is 146 Å². The number of nitrogens with zero attached hydrogens (tertiary/aromatic N) is 12. The second-order valence-corrected chi connectivity index (χ2v) is 40.0. The number of nitrogen functional groups attached to an aromatic ring is 3. The molecule has 0 saturated heterocycles. The van der Waals surface area contributed by atoms with E-state index in [0.717, 1.165) is 56.1 Å². The van der Waals surface area contributed by atoms with Gasteiger partial charge in [-0.25, -0.2) is 30.2 Å². The fourth-order valence-electron chi connectivity index (χ4n) is 13.7. The molecule has 0 spiro atoms. The van der Waals surface area contributed by atoms with E-state index in [1.807, 2.05) is 157 Å². The number of aromatic nitrogens is 12. The van der Waals surface area contributed by atoms with Gasteiger partial charge in [-0.1, -0.05) is 235 Å². The number of unbranched alkanes of at least 4 members (excludes halogenated alkanes) is 2. The van der Waals surface area contributed by atoms with Crippen molar-refractivity contribution in [2.45, 2.75) is 175 Å². The van der Waals surface area contributed by atoms with Gasteiger partial charge in [0.1, 0.15) is 54.4 Å². The minimum absolute atomic E-state index is 0. The molecule has 0 aliphatic heterocycles. The van der Waals surface area contributed by atoms with Crippen molar-refractivity contribution in [3.63, 3.8) is 0 Å². The zero-order valence-corrected chi connectivity index (χ0v) is 91.6. The maximum atomic E-state index is 14.2. The molecule has 0 radical (unpaired) electrons. The Morgan fingerprint density at radius 2 is 0.620 bits per heavy atom. The van der Waals surface area contributed by atoms with Crippen LogP contribution in [0.3, 0.4) is 0 Å². The molecule has 13 aromatic rings. The number of ether oxygens (including phenoxy) is 6. The Bertz CT molecular complexity index is 6170. The molecular formula is C105H148Cl3N24O15P3. The van der Waals surface area contributed by atoms with Crippen LogP contribution in [0.1, 0.15) is 116 Å². The van der Waals surface area contributed by atoms with Crippen molar-refractivity contribution in [1.82, 2.24) is 73.8 Å². The summed E-state index contributed by atoms with van der Waals surface area (Å²) in [5, 5.41) is 18.1. The Balaban J connectivity index is 0.000000349. The van der Waals surface area contributed by atoms with Gasteiger partial charge in [0.05, 0.1) is 58.6 Å². The van der Waals surface area contributed by atoms with E-state index in [1.54, 1.807) is 131 Å². The van der Waals surface area contributed by atoms with Crippen LogP contribution in [-0.4, -0.2) is 191 Å². The molecular weight excluding hydrogens is 2040 g/mol. The lowest BCUT2D eigenvalue weighted by atomic mass is 10.1. The Kier molecular flexibility index (Phi) is 59.8. The van der Waals surface area contributed by atoms with Crippen LogP contribution in [-0.2, 0) is 102 Å². The smallest absolute Gasteiger partial charge is 0.342 e. The summed E-state index contributed by atoms with van der Waals surface area (Å²) in [5.74, 6) is 1.46. The predicted molar refractivity (Wildman–Crippen MR) is 605 cm³/mol. The number of carbonyl (C=O) groups is 3. The Hall–Kier alpha value is -12.8. The molecule has 0 amide bonds. The molecule has 3 unspecified atom stereocenters. The van der Waals surface area contributed by atoms with E-state index in [9.17, 15) is 28.1 Å². The first-order chi connectivity index (χ1) is 71.0. The number of halogens is 3. The Labute approximate surface area is 897 Å². The van der Waals surface area contributed by atoms with E-state index in [4.69, 9.17) is 76.4 Å². The quantitative estimate of drug-likeness (QED) is 0.00554. The maximum Gasteiger partial charge on any atom is 0.342 e. The van der Waals surface area contributed by atoms with Gasteiger partial charge in [-0.3, -0.25) is 28.1 Å². The monoisotopic (exact) mass is 2180 g/mol. The minimum atomic E-state index is -3.77. The molecule has 0 saturated carbocycles. The highest BCUT2D eigenvalue weighted by molar-refractivity contribution is 7.57. The molecule has 0 fully saturated rings. The number of benzene rings is 7. The van der Waals surface area contributed by atoms with Gasteiger partial charge in [-0.05, 0) is 138 Å². The number of esters is 3. The summed E-state index contributed by atoms with van der Waals surface area (Å²) < 4.78 is 98.8. The van der Waals surface area contributed by atoms with Crippen molar-refractivity contribution in [2.75, 3.05) is 111 Å². The highest BCUT2D eigenvalue weighted by Gasteiger charge is 2.37. The van der Waals surface area contributed by atoms with E-state index in [-0.39, 0.29) is 132 Å². The van der Waals surface area contributed by atoms with Crippen LogP contribution in [0.5, 0.6) is 17.2 Å². The Morgan fingerprint density at radius 1 is 0.360 bits per heavy atom. The van der Waals surface area contributed by atoms with E-state index in [2.05, 4.69) is 127 Å². The molecule has 7 aromatic carbocycles. The Morgan fingerprint density at radius 3 is 0.873 bits per heavy atom. The number of nitrogens with one attached hydrogen (secondary N) is 6. The lowest BCUT2D eigenvalue weighted by Crippen LogP contribution is -2.40. The van der Waals surface area contributed by atoms with Gasteiger partial charge in [0, 0.05) is 57.4 Å². The van der Waals surface area contributed by atoms with Crippen LogP contribution >= 0.6 is 59.8 Å². The third-order valence-electron chi connectivity index (χ3n) is 21.0. The number of rotatable bonds is 56. The first-order valence-electron chi connectivity index (χ1n) is 49.0. The molecule has 13 rings (SSSR count). The lowest BCUT2D eigenvalue weighted by Gasteiger charge is -2.25. The van der Waals surface area contributed by atoms with Crippen molar-refractivity contribution in [1.29, 1.82) is 0 Å². The van der Waals surface area contributed by atoms with Gasteiger partial charge in [0.25, 0.3) is 0 Å². The minimum Gasteiger partial charge on any atom is -0.465 e. The van der Waals surface area contributed by atoms with Gasteiger partial charge in [-0.2, -0.15) is 29.9 Å². The van der Waals surface area contributed by atoms with Gasteiger partial charge < -0.3 is 106 Å². The van der Waals surface area contributed by atoms with Crippen LogP contribution in [0, 0.1) is 0 Å². The highest BCUT2D eigenvalue weighted by Crippen LogP contribution is 2.47. The standard InChI is InChI=1S/C30H38N7O5P.C28H34N7O5P.C25H36N7O5P.2C9H13N.C4H11N.3ClH/c1-3-5-18-41-29(38)25(20-23-12-8-6-9-13-23)36-43(39,42-24-14-10-7-11-15-24)22-40-19-17-37-21-33-26-27(32-16-4-2)34-30(31)35-28(26)37;1-3-15-30-25-24-26(33-28(29)32-25)35(19-31-24)16-17-38-20-41(37,40-22-13-9-6-10-14-22)34-23(27(36)39-4-2)18-21-11-7-5-8-12-21;1-4-7-15-36-24(33)20(6-3)31-38(34,37-19-11-9-8-10-12-19)18-35-16-14-32-17-28-21-22(27-13-5-2)29-25(26)30-23(21)32;2*1-8(10)7-9-5-3-2-4-6-9;1-3-4(2)5;;;/h4,6-15,21,25H,2-3,5,16-20,22H2,1H3,(H,36,39)(H3,31,32,34,35);3,5-14,19,23H,1,4,15-18,20H2,2H3,(H,34,37)(H3,29,30,32,33);5,8-12,17,20H,2,4,6-7,13-16,18H2,1,3H3,(H,31,34)(H3,26,27,29,30);2*2-6,8H,7,10H2,1H3;4H,3,5H2,1-2H3;3*1H/t25-,43?;23-,41?;20-,38?;2*8-;4-;;;/m000111.../s1. The van der Waals surface area contributed by atoms with Crippen molar-refractivity contribution < 1.29 is 70.1 Å². The number of hydrogen-bond donors (Lipinski definition) is 12. The number of para-hydroxylation sites is 3. The van der Waals surface area contributed by atoms with Crippen LogP contribution in [0.25, 0.3) is 33.5 Å². The number of nitrogens with two attached hydrogens (primary N) is 6. The molecule has 45 heteroatoms. The van der Waals surface area contributed by atoms with Gasteiger partial charge in [0.15, 0.2) is 50.9 Å². The average molecular weight is 2190 g/mol. The van der Waals surface area contributed by atoms with Crippen molar-refractivity contribution in [3.05, 3.63) is 292 Å². The average Bonchev–Trinajstić information content (AvgIpc) is 1.66. The molecule has 0 aliphatic carbocycles. The number of imidazole rings is 3. The lowest BCUT2D eigenvalue weighted by molar-refractivity contribution is -0.146. The van der Waals surface area contributed by atoms with E-state index in [0.29, 0.717) is 127 Å². The summed E-state index contributed by atoms with van der Waals surface area (Å²) in [6.07, 6.45) is 16.3. The molecule has 39 nitrogen and oxygen atoms in total. The molecule has 814 valence electrons.